The van der Waals surface area contributed by atoms with E-state index in [1.54, 1.807) is 20.8 Å². The average Bonchev–Trinajstić information content (AvgIpc) is 2.88. The molecule has 0 aromatic heterocycles. The van der Waals surface area contributed by atoms with Gasteiger partial charge >= 0.3 is 5.97 Å². The van der Waals surface area contributed by atoms with Crippen LogP contribution in [0.2, 0.25) is 0 Å². The van der Waals surface area contributed by atoms with Crippen LogP contribution in [-0.4, -0.2) is 35.8 Å². The zero-order valence-corrected chi connectivity index (χ0v) is 14.0. The van der Waals surface area contributed by atoms with Gasteiger partial charge in [0.15, 0.2) is 5.41 Å². The van der Waals surface area contributed by atoms with Crippen molar-refractivity contribution in [3.05, 3.63) is 29.6 Å². The van der Waals surface area contributed by atoms with Gasteiger partial charge in [0.1, 0.15) is 18.0 Å². The SMILES string of the molecule is CC(C)(C)OC(=O)CN1C(=O)C2(CC(=O)NC2=O)c2cc(F)ccc21. The molecule has 3 amide bonds. The molecule has 1 N–H and O–H groups in total. The molecule has 1 spiro atoms. The molecule has 1 aromatic rings. The smallest absolute Gasteiger partial charge is 0.326 e. The molecule has 3 rings (SSSR count). The quantitative estimate of drug-likeness (QED) is 0.485. The summed E-state index contributed by atoms with van der Waals surface area (Å²) in [7, 11) is 0. The molecule has 1 fully saturated rings. The molecule has 7 nitrogen and oxygen atoms in total. The minimum absolute atomic E-state index is 0.0874. The van der Waals surface area contributed by atoms with Crippen LogP contribution < -0.4 is 10.2 Å². The Balaban J connectivity index is 2.03. The third kappa shape index (κ3) is 2.67. The summed E-state index contributed by atoms with van der Waals surface area (Å²) < 4.78 is 18.9. The van der Waals surface area contributed by atoms with Gasteiger partial charge in [-0.05, 0) is 39.0 Å². The number of carbonyl (C=O) groups excluding carboxylic acids is 4. The van der Waals surface area contributed by atoms with Crippen molar-refractivity contribution in [1.82, 2.24) is 5.32 Å². The van der Waals surface area contributed by atoms with Crippen molar-refractivity contribution in [1.29, 1.82) is 0 Å². The summed E-state index contributed by atoms with van der Waals surface area (Å²) in [6.45, 7) is 4.62. The van der Waals surface area contributed by atoms with Gasteiger partial charge in [-0.1, -0.05) is 0 Å². The number of nitrogens with zero attached hydrogens (tertiary/aromatic N) is 1. The molecule has 1 saturated heterocycles. The van der Waals surface area contributed by atoms with E-state index in [0.717, 1.165) is 17.0 Å². The largest absolute Gasteiger partial charge is 0.459 e. The van der Waals surface area contributed by atoms with Crippen LogP contribution in [0.4, 0.5) is 10.1 Å². The van der Waals surface area contributed by atoms with E-state index in [2.05, 4.69) is 5.32 Å². The molecule has 0 bridgehead atoms. The first-order valence-corrected chi connectivity index (χ1v) is 7.73. The normalized spacial score (nSPS) is 22.4. The van der Waals surface area contributed by atoms with Crippen LogP contribution in [0.1, 0.15) is 32.8 Å². The second-order valence-corrected chi connectivity index (χ2v) is 7.10. The number of amides is 3. The van der Waals surface area contributed by atoms with Gasteiger partial charge < -0.3 is 4.74 Å². The number of anilines is 1. The van der Waals surface area contributed by atoms with E-state index in [1.807, 2.05) is 0 Å². The molecule has 2 aliphatic rings. The Kier molecular flexibility index (Phi) is 3.66. The summed E-state index contributed by atoms with van der Waals surface area (Å²) in [6, 6.07) is 3.50. The molecule has 132 valence electrons. The van der Waals surface area contributed by atoms with Gasteiger partial charge in [-0.25, -0.2) is 4.39 Å². The van der Waals surface area contributed by atoms with Gasteiger partial charge in [-0.3, -0.25) is 29.4 Å². The number of imide groups is 1. The second kappa shape index (κ2) is 5.37. The minimum Gasteiger partial charge on any atom is -0.459 e. The lowest BCUT2D eigenvalue weighted by atomic mass is 9.80. The molecule has 2 aliphatic heterocycles. The molecular formula is C17H17FN2O5. The highest BCUT2D eigenvalue weighted by molar-refractivity contribution is 6.29. The highest BCUT2D eigenvalue weighted by atomic mass is 19.1. The summed E-state index contributed by atoms with van der Waals surface area (Å²) in [4.78, 5) is 50.2. The number of rotatable bonds is 2. The molecule has 25 heavy (non-hydrogen) atoms. The molecule has 8 heteroatoms. The fourth-order valence-electron chi connectivity index (χ4n) is 3.19. The minimum atomic E-state index is -1.82. The number of fused-ring (bicyclic) bond motifs is 2. The predicted octanol–water partition coefficient (Wildman–Crippen LogP) is 0.798. The van der Waals surface area contributed by atoms with Gasteiger partial charge in [-0.15, -0.1) is 0 Å². The fraction of sp³-hybridized carbons (Fsp3) is 0.412. The summed E-state index contributed by atoms with van der Waals surface area (Å²) >= 11 is 0. The van der Waals surface area contributed by atoms with Gasteiger partial charge in [0.2, 0.25) is 17.7 Å². The molecule has 2 heterocycles. The zero-order chi connectivity index (χ0) is 18.6. The first kappa shape index (κ1) is 17.1. The third-order valence-electron chi connectivity index (χ3n) is 4.09. The van der Waals surface area contributed by atoms with Crippen LogP contribution in [0.3, 0.4) is 0 Å². The summed E-state index contributed by atoms with van der Waals surface area (Å²) in [6.07, 6.45) is -0.411. The molecular weight excluding hydrogens is 331 g/mol. The Bertz CT molecular complexity index is 814. The van der Waals surface area contributed by atoms with Crippen molar-refractivity contribution in [3.63, 3.8) is 0 Å². The van der Waals surface area contributed by atoms with Crippen LogP contribution in [0.5, 0.6) is 0 Å². The maximum atomic E-state index is 13.7. The van der Waals surface area contributed by atoms with Gasteiger partial charge in [0.05, 0.1) is 6.42 Å². The van der Waals surface area contributed by atoms with E-state index in [9.17, 15) is 23.6 Å². The Labute approximate surface area is 143 Å². The monoisotopic (exact) mass is 348 g/mol. The highest BCUT2D eigenvalue weighted by Gasteiger charge is 2.61. The van der Waals surface area contributed by atoms with Crippen LogP contribution in [0.25, 0.3) is 0 Å². The number of halogens is 1. The summed E-state index contributed by atoms with van der Waals surface area (Å²) in [5, 5.41) is 2.09. The van der Waals surface area contributed by atoms with E-state index < -0.39 is 53.5 Å². The molecule has 0 saturated carbocycles. The van der Waals surface area contributed by atoms with Crippen LogP contribution in [-0.2, 0) is 29.3 Å². The first-order valence-electron chi connectivity index (χ1n) is 7.73. The number of hydrogen-bond donors (Lipinski definition) is 1. The molecule has 1 aromatic carbocycles. The van der Waals surface area contributed by atoms with Gasteiger partial charge in [0, 0.05) is 11.3 Å². The maximum absolute atomic E-state index is 13.7. The standard InChI is InChI=1S/C17H17FN2O5/c1-16(2,3)25-13(22)8-20-11-5-4-9(18)6-10(11)17(15(20)24)7-12(21)19-14(17)23/h4-6H,7-8H2,1-3H3,(H,19,21,23). The van der Waals surface area contributed by atoms with E-state index in [-0.39, 0.29) is 11.3 Å². The van der Waals surface area contributed by atoms with Crippen molar-refractivity contribution in [2.45, 2.75) is 38.2 Å². The maximum Gasteiger partial charge on any atom is 0.326 e. The van der Waals surface area contributed by atoms with Crippen molar-refractivity contribution in [2.75, 3.05) is 11.4 Å². The Morgan fingerprint density at radius 2 is 2.00 bits per heavy atom. The number of nitrogens with one attached hydrogen (secondary N) is 1. The van der Waals surface area contributed by atoms with E-state index >= 15 is 0 Å². The molecule has 0 radical (unpaired) electrons. The zero-order valence-electron chi connectivity index (χ0n) is 14.0. The molecule has 1 atom stereocenters. The number of carbonyl (C=O) groups is 4. The van der Waals surface area contributed by atoms with Crippen molar-refractivity contribution < 1.29 is 28.3 Å². The predicted molar refractivity (Wildman–Crippen MR) is 84.0 cm³/mol. The lowest BCUT2D eigenvalue weighted by molar-refractivity contribution is -0.154. The molecule has 1 unspecified atom stereocenters. The van der Waals surface area contributed by atoms with Crippen LogP contribution >= 0.6 is 0 Å². The summed E-state index contributed by atoms with van der Waals surface area (Å²) in [5.41, 5.74) is -2.26. The van der Waals surface area contributed by atoms with Crippen molar-refractivity contribution >= 4 is 29.4 Å². The lowest BCUT2D eigenvalue weighted by Crippen LogP contribution is -2.47. The van der Waals surface area contributed by atoms with Crippen LogP contribution in [0, 0.1) is 5.82 Å². The van der Waals surface area contributed by atoms with Gasteiger partial charge in [0.25, 0.3) is 0 Å². The first-order chi connectivity index (χ1) is 11.5. The second-order valence-electron chi connectivity index (χ2n) is 7.10. The average molecular weight is 348 g/mol. The topological polar surface area (TPSA) is 92.8 Å². The third-order valence-corrected chi connectivity index (χ3v) is 4.09. The number of benzene rings is 1. The highest BCUT2D eigenvalue weighted by Crippen LogP contribution is 2.46. The van der Waals surface area contributed by atoms with Gasteiger partial charge in [-0.2, -0.15) is 0 Å². The van der Waals surface area contributed by atoms with E-state index in [0.29, 0.717) is 0 Å². The fourth-order valence-corrected chi connectivity index (χ4v) is 3.19. The number of hydrogen-bond acceptors (Lipinski definition) is 5. The van der Waals surface area contributed by atoms with Crippen molar-refractivity contribution in [3.8, 4) is 0 Å². The lowest BCUT2D eigenvalue weighted by Gasteiger charge is -2.23. The van der Waals surface area contributed by atoms with Crippen LogP contribution in [0.15, 0.2) is 18.2 Å². The van der Waals surface area contributed by atoms with Crippen molar-refractivity contribution in [2.24, 2.45) is 0 Å². The number of esters is 1. The Hall–Kier alpha value is -2.77. The summed E-state index contributed by atoms with van der Waals surface area (Å²) in [5.74, 6) is -3.47. The Morgan fingerprint density at radius 1 is 1.32 bits per heavy atom. The van der Waals surface area contributed by atoms with E-state index in [4.69, 9.17) is 4.74 Å². The van der Waals surface area contributed by atoms with E-state index in [1.165, 1.54) is 6.07 Å². The molecule has 0 aliphatic carbocycles. The Morgan fingerprint density at radius 3 is 2.56 bits per heavy atom. The number of ether oxygens (including phenoxy) is 1.